The number of amides is 8. The number of aliphatic hydroxyl groups excluding tert-OH is 3. The highest BCUT2D eigenvalue weighted by molar-refractivity contribution is 6.02. The number of carbonyl (C=O) groups is 8. The Labute approximate surface area is 416 Å². The van der Waals surface area contributed by atoms with Gasteiger partial charge in [-0.05, 0) is 77.2 Å². The number of guanidine groups is 1. The molecule has 21 N–H and O–H groups in total. The molecule has 0 unspecified atom stereocenters. The highest BCUT2D eigenvalue weighted by Gasteiger charge is 2.38. The fraction of sp³-hybridized carbons (Fsp3) is 0.717. The molecule has 0 spiro atoms. The zero-order chi connectivity index (χ0) is 53.5. The molecule has 8 amide bonds. The third-order valence-electron chi connectivity index (χ3n) is 11.3. The number of aliphatic hydroxyl groups is 3. The normalized spacial score (nSPS) is 24.2. The van der Waals surface area contributed by atoms with Crippen molar-refractivity contribution >= 4 is 53.2 Å². The fourth-order valence-corrected chi connectivity index (χ4v) is 7.27. The first-order valence-electron chi connectivity index (χ1n) is 24.7. The van der Waals surface area contributed by atoms with Gasteiger partial charge in [-0.25, -0.2) is 0 Å². The van der Waals surface area contributed by atoms with Crippen LogP contribution in [0.2, 0.25) is 0 Å². The standard InChI is InChI=1S/C46H84N14O11/c1-5-7-8-9-10-11-12-13-14-15-16-19-35(64)58-38-34(63)26-53-43(69)36(32(61)24-48)60-45(71)37(33(62)25-49)59-41(67)29(18-17-22-52-46(50)51)55-42(68)31(23-27(3)4)57-40(66)30(20-21-47)56-39(65)28(6-2)54-44(38)70/h6,11-12,27,29-34,36-38,61-63H,5,7-10,13-26,47-49H2,1-4H3,(H,53,69)(H,54,70)(H,55,68)(H,56,65)(H,57,66)(H,58,64)(H,59,67)(H,60,71)(H4,50,51,52)/b12-11-,28-6-/t29-,30-,31-,32-,33+,34+,36-,37-,38-/m0/s1. The predicted molar refractivity (Wildman–Crippen MR) is 267 cm³/mol. The van der Waals surface area contributed by atoms with Crippen molar-refractivity contribution in [2.75, 3.05) is 32.7 Å². The molecule has 0 aromatic carbocycles. The van der Waals surface area contributed by atoms with E-state index in [4.69, 9.17) is 28.7 Å². The van der Waals surface area contributed by atoms with Crippen molar-refractivity contribution in [2.45, 2.75) is 172 Å². The molecule has 1 saturated heterocycles. The summed E-state index contributed by atoms with van der Waals surface area (Å²) in [4.78, 5) is 114. The number of rotatable bonds is 24. The molecule has 1 heterocycles. The van der Waals surface area contributed by atoms with Crippen molar-refractivity contribution in [3.8, 4) is 0 Å². The second-order valence-corrected chi connectivity index (χ2v) is 17.9. The van der Waals surface area contributed by atoms with E-state index in [1.54, 1.807) is 13.8 Å². The van der Waals surface area contributed by atoms with Gasteiger partial charge < -0.3 is 86.5 Å². The molecule has 25 nitrogen and oxygen atoms in total. The van der Waals surface area contributed by atoms with Gasteiger partial charge in [-0.1, -0.05) is 64.7 Å². The van der Waals surface area contributed by atoms with E-state index in [2.05, 4.69) is 66.6 Å². The number of unbranched alkanes of at least 4 members (excludes halogenated alkanes) is 7. The second kappa shape index (κ2) is 35.4. The van der Waals surface area contributed by atoms with Gasteiger partial charge in [0.05, 0.1) is 12.2 Å². The molecule has 404 valence electrons. The van der Waals surface area contributed by atoms with Crippen LogP contribution in [0.3, 0.4) is 0 Å². The van der Waals surface area contributed by atoms with E-state index >= 15 is 0 Å². The van der Waals surface area contributed by atoms with Gasteiger partial charge in [-0.2, -0.15) is 0 Å². The molecule has 1 fully saturated rings. The maximum absolute atomic E-state index is 14.0. The molecule has 1 aliphatic rings. The van der Waals surface area contributed by atoms with Crippen LogP contribution in [0.15, 0.2) is 28.9 Å². The lowest BCUT2D eigenvalue weighted by Gasteiger charge is -2.30. The third-order valence-corrected chi connectivity index (χ3v) is 11.3. The Morgan fingerprint density at radius 1 is 0.718 bits per heavy atom. The van der Waals surface area contributed by atoms with Gasteiger partial charge in [0.15, 0.2) is 5.96 Å². The minimum atomic E-state index is -1.91. The molecule has 0 radical (unpaired) electrons. The summed E-state index contributed by atoms with van der Waals surface area (Å²) in [5.74, 6) is -8.32. The summed E-state index contributed by atoms with van der Waals surface area (Å²) in [6.07, 6.45) is 8.13. The number of β-amino-alcohol motifs (C(OH)–C–C–N with tert-alkyl or cyclic N) is 1. The van der Waals surface area contributed by atoms with Crippen molar-refractivity contribution in [3.05, 3.63) is 23.9 Å². The van der Waals surface area contributed by atoms with Crippen LogP contribution in [0, 0.1) is 5.92 Å². The maximum Gasteiger partial charge on any atom is 0.268 e. The van der Waals surface area contributed by atoms with Crippen LogP contribution in [0.1, 0.15) is 118 Å². The topological polar surface area (TPSA) is 436 Å². The van der Waals surface area contributed by atoms with Crippen molar-refractivity contribution < 1.29 is 53.7 Å². The number of allylic oxidation sites excluding steroid dienone is 3. The number of carbonyl (C=O) groups excluding carboxylic acids is 8. The summed E-state index contributed by atoms with van der Waals surface area (Å²) in [6.45, 7) is 4.97. The van der Waals surface area contributed by atoms with Crippen LogP contribution in [-0.2, 0) is 38.4 Å². The minimum absolute atomic E-state index is 0.00575. The Balaban J connectivity index is 3.73. The number of nitrogens with zero attached hydrogens (tertiary/aromatic N) is 1. The average Bonchev–Trinajstić information content (AvgIpc) is 3.33. The smallest absolute Gasteiger partial charge is 0.268 e. The van der Waals surface area contributed by atoms with E-state index < -0.39 is 127 Å². The van der Waals surface area contributed by atoms with Gasteiger partial charge >= 0.3 is 0 Å². The summed E-state index contributed by atoms with van der Waals surface area (Å²) in [7, 11) is 0. The highest BCUT2D eigenvalue weighted by atomic mass is 16.3. The summed E-state index contributed by atoms with van der Waals surface area (Å²) < 4.78 is 0. The van der Waals surface area contributed by atoms with Crippen LogP contribution in [-0.4, -0.2) is 156 Å². The van der Waals surface area contributed by atoms with Crippen molar-refractivity contribution in [3.63, 3.8) is 0 Å². The van der Waals surface area contributed by atoms with E-state index in [-0.39, 0.29) is 57.1 Å². The van der Waals surface area contributed by atoms with Gasteiger partial charge in [-0.15, -0.1) is 0 Å². The van der Waals surface area contributed by atoms with E-state index in [9.17, 15) is 53.7 Å². The Hall–Kier alpha value is -5.73. The van der Waals surface area contributed by atoms with Crippen molar-refractivity contribution in [2.24, 2.45) is 39.6 Å². The quantitative estimate of drug-likeness (QED) is 0.0144. The van der Waals surface area contributed by atoms with E-state index in [0.29, 0.717) is 12.8 Å². The number of hydrogen-bond acceptors (Lipinski definition) is 15. The Morgan fingerprint density at radius 2 is 1.27 bits per heavy atom. The SMILES string of the molecule is C/C=C1\NC(=O)[C@@H](NC(=O)CCCCC/C=C\CCCCCC)[C@H](O)CNC(=O)[C@H]([C@@H](O)CN)NC(=O)[C@H]([C@H](O)CN)NC(=O)[C@H](CCCN=C(N)N)NC(=O)[C@H](CC(C)C)NC(=O)[C@H](CCN)NC1=O. The molecule has 9 atom stereocenters. The van der Waals surface area contributed by atoms with Gasteiger partial charge in [0.25, 0.3) is 5.91 Å². The van der Waals surface area contributed by atoms with Gasteiger partial charge in [0.1, 0.15) is 48.1 Å². The largest absolute Gasteiger partial charge is 0.389 e. The summed E-state index contributed by atoms with van der Waals surface area (Å²) in [5, 5.41) is 52.6. The molecule has 0 bridgehead atoms. The van der Waals surface area contributed by atoms with Gasteiger partial charge in [0.2, 0.25) is 41.4 Å². The first kappa shape index (κ1) is 63.3. The minimum Gasteiger partial charge on any atom is -0.389 e. The lowest BCUT2D eigenvalue weighted by Crippen LogP contribution is -2.64. The lowest BCUT2D eigenvalue weighted by atomic mass is 10.0. The second-order valence-electron chi connectivity index (χ2n) is 17.9. The number of nitrogens with two attached hydrogens (primary N) is 5. The first-order chi connectivity index (χ1) is 33.7. The highest BCUT2D eigenvalue weighted by Crippen LogP contribution is 2.11. The summed E-state index contributed by atoms with van der Waals surface area (Å²) in [5.41, 5.74) is 27.7. The summed E-state index contributed by atoms with van der Waals surface area (Å²) in [6, 6.07) is -9.81. The lowest BCUT2D eigenvalue weighted by molar-refractivity contribution is -0.138. The van der Waals surface area contributed by atoms with E-state index in [1.807, 2.05) is 0 Å². The fourth-order valence-electron chi connectivity index (χ4n) is 7.27. The van der Waals surface area contributed by atoms with Crippen LogP contribution in [0.4, 0.5) is 0 Å². The van der Waals surface area contributed by atoms with Crippen LogP contribution in [0.25, 0.3) is 0 Å². The molecular weight excluding hydrogens is 925 g/mol. The monoisotopic (exact) mass is 1010 g/mol. The number of aliphatic imine (C=N–C) groups is 1. The molecular formula is C46H84N14O11. The Morgan fingerprint density at radius 3 is 1.83 bits per heavy atom. The molecule has 0 aromatic rings. The summed E-state index contributed by atoms with van der Waals surface area (Å²) >= 11 is 0. The van der Waals surface area contributed by atoms with Gasteiger partial charge in [-0.3, -0.25) is 43.3 Å². The Kier molecular flexibility index (Phi) is 31.5. The molecule has 1 aliphatic heterocycles. The van der Waals surface area contributed by atoms with E-state index in [1.165, 1.54) is 25.8 Å². The molecule has 71 heavy (non-hydrogen) atoms. The molecule has 1 rings (SSSR count). The molecule has 25 heteroatoms. The maximum atomic E-state index is 14.0. The first-order valence-corrected chi connectivity index (χ1v) is 24.7. The zero-order valence-corrected chi connectivity index (χ0v) is 41.9. The Bertz CT molecular complexity index is 1800. The zero-order valence-electron chi connectivity index (χ0n) is 41.9. The van der Waals surface area contributed by atoms with Crippen molar-refractivity contribution in [1.29, 1.82) is 0 Å². The predicted octanol–water partition coefficient (Wildman–Crippen LogP) is -4.03. The van der Waals surface area contributed by atoms with Gasteiger partial charge in [0, 0.05) is 32.6 Å². The van der Waals surface area contributed by atoms with Crippen molar-refractivity contribution in [1.82, 2.24) is 42.5 Å². The third kappa shape index (κ3) is 24.8. The van der Waals surface area contributed by atoms with Crippen LogP contribution in [0.5, 0.6) is 0 Å². The number of hydrogen-bond donors (Lipinski definition) is 16. The average molecular weight is 1010 g/mol. The van der Waals surface area contributed by atoms with Crippen LogP contribution < -0.4 is 71.2 Å². The molecule has 0 aliphatic carbocycles. The molecule has 0 saturated carbocycles. The number of nitrogens with one attached hydrogen (secondary N) is 8. The van der Waals surface area contributed by atoms with Crippen LogP contribution >= 0.6 is 0 Å². The van der Waals surface area contributed by atoms with E-state index in [0.717, 1.165) is 32.1 Å². The molecule has 0 aromatic heterocycles.